The van der Waals surface area contributed by atoms with Gasteiger partial charge in [0, 0.05) is 32.4 Å². The number of carbonyl (C=O) groups is 2. The van der Waals surface area contributed by atoms with E-state index in [4.69, 9.17) is 4.74 Å². The summed E-state index contributed by atoms with van der Waals surface area (Å²) < 4.78 is 18.6. The topological polar surface area (TPSA) is 58.6 Å². The van der Waals surface area contributed by atoms with E-state index in [9.17, 15) is 14.0 Å². The summed E-state index contributed by atoms with van der Waals surface area (Å²) in [6.07, 6.45) is 5.09. The van der Waals surface area contributed by atoms with Crippen molar-refractivity contribution in [2.75, 3.05) is 26.8 Å². The van der Waals surface area contributed by atoms with Crippen molar-refractivity contribution in [1.82, 2.24) is 10.2 Å². The quantitative estimate of drug-likeness (QED) is 0.709. The highest BCUT2D eigenvalue weighted by Crippen LogP contribution is 2.43. The summed E-state index contributed by atoms with van der Waals surface area (Å²) in [5, 5.41) is 3.16. The van der Waals surface area contributed by atoms with Gasteiger partial charge in [0.1, 0.15) is 5.82 Å². The zero-order chi connectivity index (χ0) is 22.6. The van der Waals surface area contributed by atoms with Gasteiger partial charge >= 0.3 is 0 Å². The van der Waals surface area contributed by atoms with Gasteiger partial charge in [0.25, 0.3) is 5.91 Å². The third-order valence-electron chi connectivity index (χ3n) is 7.10. The van der Waals surface area contributed by atoms with E-state index in [1.807, 2.05) is 23.1 Å². The van der Waals surface area contributed by atoms with Gasteiger partial charge in [-0.25, -0.2) is 4.39 Å². The summed E-state index contributed by atoms with van der Waals surface area (Å²) in [5.41, 5.74) is 0.462. The van der Waals surface area contributed by atoms with Gasteiger partial charge in [-0.2, -0.15) is 0 Å². The maximum Gasteiger partial charge on any atom is 0.251 e. The van der Waals surface area contributed by atoms with Crippen LogP contribution in [0.15, 0.2) is 54.6 Å². The second kappa shape index (κ2) is 9.41. The first-order valence-electron chi connectivity index (χ1n) is 11.4. The van der Waals surface area contributed by atoms with Gasteiger partial charge in [-0.1, -0.05) is 43.2 Å². The number of ether oxygens (including phenoxy) is 1. The number of amides is 2. The van der Waals surface area contributed by atoms with E-state index in [2.05, 4.69) is 17.4 Å². The molecule has 4 rings (SSSR count). The van der Waals surface area contributed by atoms with E-state index in [1.165, 1.54) is 24.3 Å². The Labute approximate surface area is 188 Å². The van der Waals surface area contributed by atoms with Crippen molar-refractivity contribution in [2.45, 2.75) is 49.5 Å². The summed E-state index contributed by atoms with van der Waals surface area (Å²) in [6.45, 7) is 1.53. The molecular formula is C26H31FN2O3. The minimum absolute atomic E-state index is 0.163. The highest BCUT2D eigenvalue weighted by molar-refractivity contribution is 5.95. The fourth-order valence-corrected chi connectivity index (χ4v) is 5.29. The molecule has 1 heterocycles. The first kappa shape index (κ1) is 22.5. The number of methoxy groups -OCH3 is 1. The standard InChI is InChI=1S/C26H31FN2O3/c1-32-18-16-25(28-23(30)20-9-11-22(27)12-10-20)15-17-29(19-25)24(31)26(13-5-6-14-26)21-7-3-2-4-8-21/h2-4,7-12H,5-6,13-19H2,1H3,(H,28,30). The van der Waals surface area contributed by atoms with E-state index in [-0.39, 0.29) is 17.6 Å². The van der Waals surface area contributed by atoms with Crippen molar-refractivity contribution < 1.29 is 18.7 Å². The molecule has 1 N–H and O–H groups in total. The molecule has 1 aliphatic heterocycles. The highest BCUT2D eigenvalue weighted by Gasteiger charge is 2.49. The molecule has 170 valence electrons. The Kier molecular flexibility index (Phi) is 6.60. The molecular weight excluding hydrogens is 407 g/mol. The fourth-order valence-electron chi connectivity index (χ4n) is 5.29. The smallest absolute Gasteiger partial charge is 0.251 e. The van der Waals surface area contributed by atoms with Crippen molar-refractivity contribution in [3.05, 3.63) is 71.5 Å². The van der Waals surface area contributed by atoms with Crippen LogP contribution in [0, 0.1) is 5.82 Å². The molecule has 0 radical (unpaired) electrons. The zero-order valence-electron chi connectivity index (χ0n) is 18.6. The summed E-state index contributed by atoms with van der Waals surface area (Å²) in [6, 6.07) is 15.6. The van der Waals surface area contributed by atoms with Crippen LogP contribution in [0.4, 0.5) is 4.39 Å². The summed E-state index contributed by atoms with van der Waals surface area (Å²) in [5.74, 6) is -0.471. The molecule has 1 aliphatic carbocycles. The van der Waals surface area contributed by atoms with Crippen LogP contribution in [0.3, 0.4) is 0 Å². The normalized spacial score (nSPS) is 22.1. The zero-order valence-corrected chi connectivity index (χ0v) is 18.6. The second-order valence-corrected chi connectivity index (χ2v) is 9.12. The predicted octanol–water partition coefficient (Wildman–Crippen LogP) is 4.08. The van der Waals surface area contributed by atoms with Gasteiger partial charge < -0.3 is 15.0 Å². The number of carbonyl (C=O) groups excluding carboxylic acids is 2. The molecule has 2 aromatic rings. The predicted molar refractivity (Wildman–Crippen MR) is 121 cm³/mol. The third-order valence-corrected chi connectivity index (χ3v) is 7.10. The van der Waals surface area contributed by atoms with Crippen LogP contribution in [-0.4, -0.2) is 49.1 Å². The minimum atomic E-state index is -0.562. The van der Waals surface area contributed by atoms with Crippen molar-refractivity contribution in [1.29, 1.82) is 0 Å². The highest BCUT2D eigenvalue weighted by atomic mass is 19.1. The van der Waals surface area contributed by atoms with Gasteiger partial charge in [0.15, 0.2) is 0 Å². The van der Waals surface area contributed by atoms with Gasteiger partial charge in [-0.3, -0.25) is 9.59 Å². The molecule has 1 saturated heterocycles. The lowest BCUT2D eigenvalue weighted by molar-refractivity contribution is -0.136. The number of hydrogen-bond donors (Lipinski definition) is 1. The van der Waals surface area contributed by atoms with Crippen LogP contribution in [0.25, 0.3) is 0 Å². The molecule has 1 atom stereocenters. The number of rotatable bonds is 7. The Balaban J connectivity index is 1.54. The van der Waals surface area contributed by atoms with Gasteiger partial charge in [-0.05, 0) is 55.5 Å². The number of hydrogen-bond acceptors (Lipinski definition) is 3. The van der Waals surface area contributed by atoms with Crippen LogP contribution < -0.4 is 5.32 Å². The molecule has 1 saturated carbocycles. The number of nitrogens with zero attached hydrogens (tertiary/aromatic N) is 1. The fraction of sp³-hybridized carbons (Fsp3) is 0.462. The number of halogens is 1. The maximum absolute atomic E-state index is 13.9. The average Bonchev–Trinajstić information content (AvgIpc) is 3.47. The number of likely N-dealkylation sites (tertiary alicyclic amines) is 1. The van der Waals surface area contributed by atoms with E-state index < -0.39 is 11.0 Å². The van der Waals surface area contributed by atoms with Gasteiger partial charge in [0.05, 0.1) is 11.0 Å². The molecule has 2 amide bonds. The number of nitrogens with one attached hydrogen (secondary N) is 1. The molecule has 32 heavy (non-hydrogen) atoms. The number of benzene rings is 2. The Hall–Kier alpha value is -2.73. The molecule has 1 unspecified atom stereocenters. The molecule has 2 aromatic carbocycles. The minimum Gasteiger partial charge on any atom is -0.385 e. The van der Waals surface area contributed by atoms with Gasteiger partial charge in [0.2, 0.25) is 5.91 Å². The van der Waals surface area contributed by atoms with Crippen LogP contribution in [0.2, 0.25) is 0 Å². The molecule has 0 spiro atoms. The monoisotopic (exact) mass is 438 g/mol. The molecule has 0 bridgehead atoms. The summed E-state index contributed by atoms with van der Waals surface area (Å²) in [4.78, 5) is 28.7. The largest absolute Gasteiger partial charge is 0.385 e. The average molecular weight is 439 g/mol. The van der Waals surface area contributed by atoms with Crippen molar-refractivity contribution in [2.24, 2.45) is 0 Å². The third kappa shape index (κ3) is 4.42. The van der Waals surface area contributed by atoms with E-state index >= 15 is 0 Å². The summed E-state index contributed by atoms with van der Waals surface area (Å²) >= 11 is 0. The first-order valence-corrected chi connectivity index (χ1v) is 11.4. The van der Waals surface area contributed by atoms with Crippen molar-refractivity contribution in [3.63, 3.8) is 0 Å². The Morgan fingerprint density at radius 3 is 2.38 bits per heavy atom. The Bertz CT molecular complexity index is 941. The van der Waals surface area contributed by atoms with Crippen LogP contribution >= 0.6 is 0 Å². The van der Waals surface area contributed by atoms with Crippen molar-refractivity contribution >= 4 is 11.8 Å². The molecule has 6 heteroatoms. The Morgan fingerprint density at radius 2 is 1.72 bits per heavy atom. The first-order chi connectivity index (χ1) is 15.5. The van der Waals surface area contributed by atoms with E-state index in [0.29, 0.717) is 38.1 Å². The summed E-state index contributed by atoms with van der Waals surface area (Å²) in [7, 11) is 1.64. The second-order valence-electron chi connectivity index (χ2n) is 9.12. The molecule has 2 aliphatic rings. The Morgan fingerprint density at radius 1 is 1.03 bits per heavy atom. The van der Waals surface area contributed by atoms with Crippen LogP contribution in [0.1, 0.15) is 54.4 Å². The van der Waals surface area contributed by atoms with Gasteiger partial charge in [-0.15, -0.1) is 0 Å². The van der Waals surface area contributed by atoms with Crippen molar-refractivity contribution in [3.8, 4) is 0 Å². The van der Waals surface area contributed by atoms with Crippen LogP contribution in [-0.2, 0) is 14.9 Å². The van der Waals surface area contributed by atoms with E-state index in [1.54, 1.807) is 7.11 Å². The lowest BCUT2D eigenvalue weighted by Crippen LogP contribution is -2.53. The molecule has 5 nitrogen and oxygen atoms in total. The SMILES string of the molecule is COCCC1(NC(=O)c2ccc(F)cc2)CCN(C(=O)C2(c3ccccc3)CCCC2)C1. The lowest BCUT2D eigenvalue weighted by Gasteiger charge is -2.35. The molecule has 2 fully saturated rings. The van der Waals surface area contributed by atoms with E-state index in [0.717, 1.165) is 31.2 Å². The maximum atomic E-state index is 13.9. The molecule has 0 aromatic heterocycles. The van der Waals surface area contributed by atoms with Crippen LogP contribution in [0.5, 0.6) is 0 Å². The lowest BCUT2D eigenvalue weighted by atomic mass is 9.77.